The van der Waals surface area contributed by atoms with Crippen LogP contribution in [0.1, 0.15) is 37.8 Å². The maximum Gasteiger partial charge on any atom is 0.243 e. The van der Waals surface area contributed by atoms with Gasteiger partial charge in [-0.1, -0.05) is 26.0 Å². The molecule has 5 nitrogen and oxygen atoms in total. The number of benzene rings is 1. The van der Waals surface area contributed by atoms with E-state index in [0.717, 1.165) is 17.5 Å². The van der Waals surface area contributed by atoms with Crippen molar-refractivity contribution in [3.63, 3.8) is 0 Å². The molecule has 0 aromatic heterocycles. The summed E-state index contributed by atoms with van der Waals surface area (Å²) in [7, 11) is 0. The number of carbonyl (C=O) groups excluding carboxylic acids is 2. The molecule has 0 radical (unpaired) electrons. The molecule has 1 aromatic rings. The summed E-state index contributed by atoms with van der Waals surface area (Å²) in [4.78, 5) is 23.4. The molecule has 0 bridgehead atoms. The highest BCUT2D eigenvalue weighted by Gasteiger charge is 2.08. The van der Waals surface area contributed by atoms with E-state index < -0.39 is 0 Å². The maximum absolute atomic E-state index is 11.8. The van der Waals surface area contributed by atoms with Crippen molar-refractivity contribution in [2.45, 2.75) is 40.2 Å². The fraction of sp³-hybridized carbons (Fsp3) is 0.500. The lowest BCUT2D eigenvalue weighted by atomic mass is 10.1. The number of rotatable bonds is 7. The predicted molar refractivity (Wildman–Crippen MR) is 82.8 cm³/mol. The Morgan fingerprint density at radius 3 is 2.57 bits per heavy atom. The molecular formula is C16H24N2O3. The smallest absolute Gasteiger partial charge is 0.243 e. The summed E-state index contributed by atoms with van der Waals surface area (Å²) in [5, 5.41) is 14.4. The number of aryl methyl sites for hydroxylation is 1. The van der Waals surface area contributed by atoms with Crippen LogP contribution < -0.4 is 10.6 Å². The summed E-state index contributed by atoms with van der Waals surface area (Å²) in [5.74, 6) is 0.0826. The molecule has 0 saturated heterocycles. The van der Waals surface area contributed by atoms with E-state index in [1.807, 2.05) is 13.0 Å². The summed E-state index contributed by atoms with van der Waals surface area (Å²) in [6.07, 6.45) is 1.25. The Morgan fingerprint density at radius 2 is 1.95 bits per heavy atom. The van der Waals surface area contributed by atoms with Gasteiger partial charge in [0, 0.05) is 12.1 Å². The van der Waals surface area contributed by atoms with E-state index >= 15 is 0 Å². The fourth-order valence-corrected chi connectivity index (χ4v) is 1.78. The molecule has 2 amide bonds. The summed E-state index contributed by atoms with van der Waals surface area (Å²) in [5.41, 5.74) is 2.30. The van der Waals surface area contributed by atoms with Gasteiger partial charge in [-0.05, 0) is 36.5 Å². The van der Waals surface area contributed by atoms with Crippen LogP contribution >= 0.6 is 0 Å². The van der Waals surface area contributed by atoms with Gasteiger partial charge < -0.3 is 15.7 Å². The second-order valence-corrected chi connectivity index (χ2v) is 5.56. The minimum atomic E-state index is -0.272. The first-order chi connectivity index (χ1) is 9.92. The number of carbonyl (C=O) groups is 2. The Labute approximate surface area is 125 Å². The second kappa shape index (κ2) is 8.42. The van der Waals surface area contributed by atoms with Gasteiger partial charge in [-0.25, -0.2) is 0 Å². The Morgan fingerprint density at radius 1 is 1.24 bits per heavy atom. The molecule has 0 spiro atoms. The molecule has 21 heavy (non-hydrogen) atoms. The van der Waals surface area contributed by atoms with Crippen molar-refractivity contribution in [3.8, 4) is 0 Å². The van der Waals surface area contributed by atoms with E-state index in [2.05, 4.69) is 24.5 Å². The highest BCUT2D eigenvalue weighted by Crippen LogP contribution is 2.16. The van der Waals surface area contributed by atoms with Crippen LogP contribution in [0.3, 0.4) is 0 Å². The van der Waals surface area contributed by atoms with Gasteiger partial charge in [0.25, 0.3) is 0 Å². The number of nitrogens with one attached hydrogen (secondary N) is 2. The number of anilines is 1. The van der Waals surface area contributed by atoms with Crippen molar-refractivity contribution in [1.82, 2.24) is 5.32 Å². The number of aliphatic hydroxyl groups is 1. The molecular weight excluding hydrogens is 268 g/mol. The maximum atomic E-state index is 11.8. The molecule has 0 aliphatic rings. The van der Waals surface area contributed by atoms with Gasteiger partial charge in [0.2, 0.25) is 11.8 Å². The molecule has 0 heterocycles. The largest absolute Gasteiger partial charge is 0.392 e. The summed E-state index contributed by atoms with van der Waals surface area (Å²) in [6.45, 7) is 5.86. The highest BCUT2D eigenvalue weighted by atomic mass is 16.3. The summed E-state index contributed by atoms with van der Waals surface area (Å²) < 4.78 is 0. The van der Waals surface area contributed by atoms with Crippen molar-refractivity contribution in [3.05, 3.63) is 29.3 Å². The quantitative estimate of drug-likeness (QED) is 0.719. The molecule has 0 saturated carbocycles. The van der Waals surface area contributed by atoms with Crippen molar-refractivity contribution in [2.75, 3.05) is 11.9 Å². The van der Waals surface area contributed by atoms with E-state index in [1.165, 1.54) is 0 Å². The Kier molecular flexibility index (Phi) is 6.88. The molecule has 1 rings (SSSR count). The van der Waals surface area contributed by atoms with Crippen LogP contribution in [0.25, 0.3) is 0 Å². The zero-order valence-electron chi connectivity index (χ0n) is 12.9. The van der Waals surface area contributed by atoms with Crippen LogP contribution in [-0.2, 0) is 16.2 Å². The third-order valence-electron chi connectivity index (χ3n) is 3.15. The standard InChI is InChI=1S/C16H24N2O3/c1-11(2)4-7-15(20)17-9-16(21)18-14-8-13(10-19)6-5-12(14)3/h5-6,8,11,19H,4,7,9-10H2,1-3H3,(H,17,20)(H,18,21). The van der Waals surface area contributed by atoms with Crippen molar-refractivity contribution in [1.29, 1.82) is 0 Å². The van der Waals surface area contributed by atoms with E-state index in [4.69, 9.17) is 5.11 Å². The van der Waals surface area contributed by atoms with E-state index in [0.29, 0.717) is 18.0 Å². The zero-order valence-corrected chi connectivity index (χ0v) is 12.9. The summed E-state index contributed by atoms with van der Waals surface area (Å²) >= 11 is 0. The molecule has 0 aliphatic heterocycles. The highest BCUT2D eigenvalue weighted by molar-refractivity contribution is 5.95. The Balaban J connectivity index is 2.45. The molecule has 0 unspecified atom stereocenters. The van der Waals surface area contributed by atoms with E-state index in [1.54, 1.807) is 12.1 Å². The van der Waals surface area contributed by atoms with Gasteiger partial charge in [0.15, 0.2) is 0 Å². The van der Waals surface area contributed by atoms with E-state index in [-0.39, 0.29) is 25.0 Å². The van der Waals surface area contributed by atoms with Crippen LogP contribution in [0.5, 0.6) is 0 Å². The first-order valence-corrected chi connectivity index (χ1v) is 7.19. The zero-order chi connectivity index (χ0) is 15.8. The molecule has 3 N–H and O–H groups in total. The molecule has 0 atom stereocenters. The van der Waals surface area contributed by atoms with E-state index in [9.17, 15) is 9.59 Å². The van der Waals surface area contributed by atoms with Crippen LogP contribution in [0.15, 0.2) is 18.2 Å². The average molecular weight is 292 g/mol. The summed E-state index contributed by atoms with van der Waals surface area (Å²) in [6, 6.07) is 5.37. The topological polar surface area (TPSA) is 78.4 Å². The lowest BCUT2D eigenvalue weighted by Gasteiger charge is -2.11. The molecule has 0 aliphatic carbocycles. The van der Waals surface area contributed by atoms with Gasteiger partial charge in [0.1, 0.15) is 0 Å². The van der Waals surface area contributed by atoms with Crippen LogP contribution in [0.2, 0.25) is 0 Å². The lowest BCUT2D eigenvalue weighted by Crippen LogP contribution is -2.33. The first-order valence-electron chi connectivity index (χ1n) is 7.19. The number of hydrogen-bond acceptors (Lipinski definition) is 3. The lowest BCUT2D eigenvalue weighted by molar-refractivity contribution is -0.124. The van der Waals surface area contributed by atoms with Crippen LogP contribution in [0, 0.1) is 12.8 Å². The van der Waals surface area contributed by atoms with Gasteiger partial charge in [-0.15, -0.1) is 0 Å². The molecule has 5 heteroatoms. The average Bonchev–Trinajstić information content (AvgIpc) is 2.45. The Bertz CT molecular complexity index is 498. The van der Waals surface area contributed by atoms with Gasteiger partial charge in [-0.3, -0.25) is 9.59 Å². The first kappa shape index (κ1) is 17.2. The predicted octanol–water partition coefficient (Wildman–Crippen LogP) is 1.98. The number of amides is 2. The minimum absolute atomic E-state index is 0.0419. The van der Waals surface area contributed by atoms with Crippen LogP contribution in [-0.4, -0.2) is 23.5 Å². The van der Waals surface area contributed by atoms with Gasteiger partial charge in [0.05, 0.1) is 13.2 Å². The number of aliphatic hydroxyl groups excluding tert-OH is 1. The SMILES string of the molecule is Cc1ccc(CO)cc1NC(=O)CNC(=O)CCC(C)C. The van der Waals surface area contributed by atoms with Gasteiger partial charge in [-0.2, -0.15) is 0 Å². The molecule has 1 aromatic carbocycles. The minimum Gasteiger partial charge on any atom is -0.392 e. The molecule has 116 valence electrons. The van der Waals surface area contributed by atoms with Crippen LogP contribution in [0.4, 0.5) is 5.69 Å². The van der Waals surface area contributed by atoms with Crippen molar-refractivity contribution >= 4 is 17.5 Å². The monoisotopic (exact) mass is 292 g/mol. The van der Waals surface area contributed by atoms with Crippen molar-refractivity contribution < 1.29 is 14.7 Å². The third kappa shape index (κ3) is 6.40. The number of hydrogen-bond donors (Lipinski definition) is 3. The van der Waals surface area contributed by atoms with Crippen molar-refractivity contribution in [2.24, 2.45) is 5.92 Å². The normalized spacial score (nSPS) is 10.5. The molecule has 0 fully saturated rings. The van der Waals surface area contributed by atoms with Gasteiger partial charge >= 0.3 is 0 Å². The fourth-order valence-electron chi connectivity index (χ4n) is 1.78. The third-order valence-corrected chi connectivity index (χ3v) is 3.15. The Hall–Kier alpha value is -1.88. The second-order valence-electron chi connectivity index (χ2n) is 5.56.